The van der Waals surface area contributed by atoms with Crippen molar-refractivity contribution in [1.82, 2.24) is 9.80 Å². The summed E-state index contributed by atoms with van der Waals surface area (Å²) >= 11 is 0. The molecular formula is C47H58N4O8. The van der Waals surface area contributed by atoms with Gasteiger partial charge in [-0.3, -0.25) is 9.59 Å². The molecule has 0 unspecified atom stereocenters. The number of hydrogen-bond acceptors (Lipinski definition) is 10. The largest absolute Gasteiger partial charge is 0.444 e. The van der Waals surface area contributed by atoms with E-state index in [-0.39, 0.29) is 37.9 Å². The maximum Gasteiger partial charge on any atom is 0.417 e. The first-order valence-electron chi connectivity index (χ1n) is 20.2. The van der Waals surface area contributed by atoms with Gasteiger partial charge in [-0.2, -0.15) is 0 Å². The van der Waals surface area contributed by atoms with Crippen LogP contribution in [0.3, 0.4) is 0 Å². The zero-order valence-electron chi connectivity index (χ0n) is 34.8. The van der Waals surface area contributed by atoms with Gasteiger partial charge in [0, 0.05) is 0 Å². The Morgan fingerprint density at radius 3 is 1.12 bits per heavy atom. The van der Waals surface area contributed by atoms with Gasteiger partial charge in [-0.15, -0.1) is 0 Å². The molecule has 0 aromatic heterocycles. The van der Waals surface area contributed by atoms with Crippen molar-refractivity contribution in [1.29, 1.82) is 0 Å². The number of imide groups is 2. The third-order valence-corrected chi connectivity index (χ3v) is 10.4. The highest BCUT2D eigenvalue weighted by Gasteiger charge is 2.55. The SMILES string of the molecule is CC(C)[C@H](N)C(=O)N(C(=O)OCc1ccccc1)[C@@H](Cc1ccccc1)[C@H]1OC(C)(C)O[C@@H]1[C@H](Cc1ccccc1)N(C(=O)OCc1ccccc1)C(=O)[C@@H](N)C(C)C. The van der Waals surface area contributed by atoms with Crippen molar-refractivity contribution in [3.05, 3.63) is 144 Å². The number of ether oxygens (including phenoxy) is 4. The Hall–Kier alpha value is -5.40. The molecule has 4 N–H and O–H groups in total. The molecule has 314 valence electrons. The smallest absolute Gasteiger partial charge is 0.417 e. The highest BCUT2D eigenvalue weighted by Crippen LogP contribution is 2.38. The van der Waals surface area contributed by atoms with Crippen molar-refractivity contribution < 1.29 is 38.1 Å². The molecule has 4 amide bonds. The van der Waals surface area contributed by atoms with E-state index < -0.39 is 66.2 Å². The van der Waals surface area contributed by atoms with Gasteiger partial charge in [0.2, 0.25) is 11.8 Å². The van der Waals surface area contributed by atoms with Crippen molar-refractivity contribution in [3.8, 4) is 0 Å². The first-order chi connectivity index (χ1) is 28.2. The lowest BCUT2D eigenvalue weighted by Gasteiger charge is -2.40. The fourth-order valence-electron chi connectivity index (χ4n) is 7.08. The first kappa shape index (κ1) is 44.7. The Labute approximate surface area is 347 Å². The Morgan fingerprint density at radius 1 is 0.542 bits per heavy atom. The number of hydrogen-bond donors (Lipinski definition) is 2. The van der Waals surface area contributed by atoms with Gasteiger partial charge in [-0.05, 0) is 60.8 Å². The Kier molecular flexibility index (Phi) is 15.6. The summed E-state index contributed by atoms with van der Waals surface area (Å²) in [5.41, 5.74) is 16.1. The lowest BCUT2D eigenvalue weighted by molar-refractivity contribution is -0.160. The standard InChI is InChI=1S/C47H58N4O8/c1-31(2)39(48)43(52)50(45(54)56-29-35-23-15-9-16-24-35)37(27-33-19-11-7-12-20-33)41-42(59-47(5,6)58-41)38(28-34-21-13-8-14-22-34)51(44(53)40(49)32(3)4)46(55)57-30-36-25-17-10-18-26-36/h7-26,31-32,37-42H,27-30,48-49H2,1-6H3/t37-,38-,39-,40-,41+,42+/m0/s1. The minimum absolute atomic E-state index is 0.0917. The molecule has 1 aliphatic rings. The van der Waals surface area contributed by atoms with Crippen LogP contribution < -0.4 is 11.5 Å². The van der Waals surface area contributed by atoms with Crippen molar-refractivity contribution in [2.45, 2.75) is 110 Å². The molecule has 12 heteroatoms. The van der Waals surface area contributed by atoms with E-state index in [1.165, 1.54) is 0 Å². The zero-order valence-corrected chi connectivity index (χ0v) is 34.8. The number of carbonyl (C=O) groups excluding carboxylic acids is 4. The molecular weight excluding hydrogens is 749 g/mol. The fourth-order valence-corrected chi connectivity index (χ4v) is 7.08. The van der Waals surface area contributed by atoms with Crippen molar-refractivity contribution >= 4 is 24.0 Å². The summed E-state index contributed by atoms with van der Waals surface area (Å²) in [6.07, 6.45) is -3.96. The minimum atomic E-state index is -1.33. The van der Waals surface area contributed by atoms with E-state index in [9.17, 15) is 19.2 Å². The van der Waals surface area contributed by atoms with Gasteiger partial charge >= 0.3 is 12.2 Å². The van der Waals surface area contributed by atoms with Gasteiger partial charge in [0.25, 0.3) is 0 Å². The van der Waals surface area contributed by atoms with Crippen LogP contribution in [0.25, 0.3) is 0 Å². The van der Waals surface area contributed by atoms with Crippen LogP contribution in [0.1, 0.15) is 63.8 Å². The summed E-state index contributed by atoms with van der Waals surface area (Å²) in [6, 6.07) is 32.5. The number of carbonyl (C=O) groups is 4. The molecule has 0 aliphatic carbocycles. The number of nitrogens with zero attached hydrogens (tertiary/aromatic N) is 2. The van der Waals surface area contributed by atoms with Gasteiger partial charge in [-0.1, -0.05) is 149 Å². The summed E-state index contributed by atoms with van der Waals surface area (Å²) in [4.78, 5) is 60.4. The lowest BCUT2D eigenvalue weighted by atomic mass is 9.88. The third kappa shape index (κ3) is 11.9. The van der Waals surface area contributed by atoms with Crippen LogP contribution in [-0.2, 0) is 54.6 Å². The van der Waals surface area contributed by atoms with Crippen molar-refractivity contribution in [2.24, 2.45) is 23.3 Å². The van der Waals surface area contributed by atoms with Crippen LogP contribution in [0.4, 0.5) is 9.59 Å². The van der Waals surface area contributed by atoms with Crippen LogP contribution in [0, 0.1) is 11.8 Å². The van der Waals surface area contributed by atoms with Crippen LogP contribution in [0.15, 0.2) is 121 Å². The quantitative estimate of drug-likeness (QED) is 0.120. The monoisotopic (exact) mass is 806 g/mol. The van der Waals surface area contributed by atoms with Crippen LogP contribution in [0.5, 0.6) is 0 Å². The summed E-state index contributed by atoms with van der Waals surface area (Å²) in [5, 5.41) is 0. The summed E-state index contributed by atoms with van der Waals surface area (Å²) < 4.78 is 25.3. The van der Waals surface area contributed by atoms with E-state index in [2.05, 4.69) is 0 Å². The molecule has 5 rings (SSSR count). The molecule has 12 nitrogen and oxygen atoms in total. The molecule has 0 radical (unpaired) electrons. The maximum absolute atomic E-state index is 14.6. The fraction of sp³-hybridized carbons (Fsp3) is 0.404. The maximum atomic E-state index is 14.6. The van der Waals surface area contributed by atoms with Crippen LogP contribution in [-0.4, -0.2) is 76.0 Å². The normalized spacial score (nSPS) is 18.1. The number of amides is 4. The van der Waals surface area contributed by atoms with E-state index in [0.29, 0.717) is 11.1 Å². The average molecular weight is 807 g/mol. The molecule has 1 heterocycles. The van der Waals surface area contributed by atoms with Gasteiger partial charge in [0.15, 0.2) is 5.79 Å². The highest BCUT2D eigenvalue weighted by molar-refractivity contribution is 5.96. The van der Waals surface area contributed by atoms with Gasteiger partial charge < -0.3 is 30.4 Å². The van der Waals surface area contributed by atoms with Crippen molar-refractivity contribution in [2.75, 3.05) is 0 Å². The van der Waals surface area contributed by atoms with E-state index in [1.807, 2.05) is 121 Å². The number of rotatable bonds is 16. The van der Waals surface area contributed by atoms with Crippen LogP contribution in [0.2, 0.25) is 0 Å². The summed E-state index contributed by atoms with van der Waals surface area (Å²) in [5.74, 6) is -3.39. The molecule has 1 fully saturated rings. The van der Waals surface area contributed by atoms with Gasteiger partial charge in [-0.25, -0.2) is 19.4 Å². The second-order valence-electron chi connectivity index (χ2n) is 16.1. The number of nitrogens with two attached hydrogens (primary N) is 2. The van der Waals surface area contributed by atoms with Gasteiger partial charge in [0.05, 0.1) is 24.2 Å². The predicted molar refractivity (Wildman–Crippen MR) is 224 cm³/mol. The Balaban J connectivity index is 1.68. The highest BCUT2D eigenvalue weighted by atomic mass is 16.8. The lowest BCUT2D eigenvalue weighted by Crippen LogP contribution is -2.63. The first-order valence-corrected chi connectivity index (χ1v) is 20.2. The predicted octanol–water partition coefficient (Wildman–Crippen LogP) is 7.03. The average Bonchev–Trinajstić information content (AvgIpc) is 3.56. The molecule has 59 heavy (non-hydrogen) atoms. The van der Waals surface area contributed by atoms with E-state index >= 15 is 0 Å². The second kappa shape index (κ2) is 20.5. The minimum Gasteiger partial charge on any atom is -0.444 e. The molecule has 4 aromatic carbocycles. The van der Waals surface area contributed by atoms with E-state index in [0.717, 1.165) is 20.9 Å². The van der Waals surface area contributed by atoms with Crippen molar-refractivity contribution in [3.63, 3.8) is 0 Å². The molecule has 4 aromatic rings. The molecule has 1 aliphatic heterocycles. The second-order valence-corrected chi connectivity index (χ2v) is 16.1. The Bertz CT molecular complexity index is 1820. The Morgan fingerprint density at radius 2 is 0.831 bits per heavy atom. The van der Waals surface area contributed by atoms with E-state index in [1.54, 1.807) is 41.5 Å². The molecule has 0 spiro atoms. The summed E-state index contributed by atoms with van der Waals surface area (Å²) in [6.45, 7) is 10.4. The van der Waals surface area contributed by atoms with Crippen LogP contribution >= 0.6 is 0 Å². The molecule has 1 saturated heterocycles. The zero-order chi connectivity index (χ0) is 42.7. The van der Waals surface area contributed by atoms with Gasteiger partial charge in [0.1, 0.15) is 25.4 Å². The number of benzene rings is 4. The van der Waals surface area contributed by atoms with E-state index in [4.69, 9.17) is 30.4 Å². The molecule has 0 bridgehead atoms. The summed E-state index contributed by atoms with van der Waals surface area (Å²) in [7, 11) is 0. The molecule has 0 saturated carbocycles. The topological polar surface area (TPSA) is 164 Å². The third-order valence-electron chi connectivity index (χ3n) is 10.4. The molecule has 6 atom stereocenters.